The Morgan fingerprint density at radius 1 is 0.857 bits per heavy atom. The van der Waals surface area contributed by atoms with Crippen LogP contribution in [0.2, 0.25) is 0 Å². The molecule has 0 radical (unpaired) electrons. The van der Waals surface area contributed by atoms with Gasteiger partial charge in [0.05, 0.1) is 13.7 Å². The standard InChI is InChI=1S/C23H28O12/c1-6-30-22(28)16(15-10-8-7-9-11-15)34-23-20(33-14(4)26)18(32-13(3)25)17(31-12(2)24)19(35-23)21(27)29-5/h7-11,16-20,23H,6H2,1-5H3. The van der Waals surface area contributed by atoms with E-state index in [9.17, 15) is 24.0 Å². The summed E-state index contributed by atoms with van der Waals surface area (Å²) < 4.78 is 37.2. The summed E-state index contributed by atoms with van der Waals surface area (Å²) >= 11 is 0. The van der Waals surface area contributed by atoms with E-state index in [0.29, 0.717) is 5.56 Å². The van der Waals surface area contributed by atoms with Gasteiger partial charge in [0, 0.05) is 20.8 Å². The Hall–Kier alpha value is -3.51. The van der Waals surface area contributed by atoms with Gasteiger partial charge in [-0.05, 0) is 12.5 Å². The molecule has 0 N–H and O–H groups in total. The maximum atomic E-state index is 12.7. The Bertz CT molecular complexity index is 914. The van der Waals surface area contributed by atoms with Crippen molar-refractivity contribution in [2.75, 3.05) is 13.7 Å². The predicted octanol–water partition coefficient (Wildman–Crippen LogP) is 1.00. The molecule has 1 aliphatic rings. The number of carbonyl (C=O) groups excluding carboxylic acids is 5. The fourth-order valence-electron chi connectivity index (χ4n) is 3.44. The lowest BCUT2D eigenvalue weighted by Crippen LogP contribution is -2.64. The molecule has 1 heterocycles. The van der Waals surface area contributed by atoms with Gasteiger partial charge >= 0.3 is 29.8 Å². The van der Waals surface area contributed by atoms with Crippen molar-refractivity contribution in [2.24, 2.45) is 0 Å². The van der Waals surface area contributed by atoms with Crippen LogP contribution in [0.15, 0.2) is 30.3 Å². The second-order valence-electron chi connectivity index (χ2n) is 7.35. The summed E-state index contributed by atoms with van der Waals surface area (Å²) in [6.45, 7) is 4.86. The molecule has 35 heavy (non-hydrogen) atoms. The first-order chi connectivity index (χ1) is 16.6. The van der Waals surface area contributed by atoms with Gasteiger partial charge in [-0.15, -0.1) is 0 Å². The molecule has 0 saturated carbocycles. The smallest absolute Gasteiger partial charge is 0.340 e. The second kappa shape index (κ2) is 12.8. The molecule has 12 heteroatoms. The zero-order valence-electron chi connectivity index (χ0n) is 20.0. The third-order valence-corrected chi connectivity index (χ3v) is 4.71. The molecule has 6 atom stereocenters. The number of esters is 5. The van der Waals surface area contributed by atoms with Crippen molar-refractivity contribution in [3.05, 3.63) is 35.9 Å². The normalized spacial score (nSPS) is 24.4. The van der Waals surface area contributed by atoms with Crippen molar-refractivity contribution < 1.29 is 57.1 Å². The molecule has 0 aliphatic carbocycles. The number of hydrogen-bond acceptors (Lipinski definition) is 12. The molecule has 0 aromatic heterocycles. The highest BCUT2D eigenvalue weighted by molar-refractivity contribution is 5.78. The van der Waals surface area contributed by atoms with Crippen LogP contribution in [0.25, 0.3) is 0 Å². The minimum atomic E-state index is -1.65. The Labute approximate surface area is 201 Å². The van der Waals surface area contributed by atoms with Crippen LogP contribution in [0.5, 0.6) is 0 Å². The van der Waals surface area contributed by atoms with Crippen LogP contribution >= 0.6 is 0 Å². The molecule has 6 unspecified atom stereocenters. The summed E-state index contributed by atoms with van der Waals surface area (Å²) in [4.78, 5) is 60.8. The fourth-order valence-corrected chi connectivity index (χ4v) is 3.44. The number of methoxy groups -OCH3 is 1. The number of ether oxygens (including phenoxy) is 7. The number of hydrogen-bond donors (Lipinski definition) is 0. The van der Waals surface area contributed by atoms with E-state index < -0.39 is 66.7 Å². The molecule has 0 spiro atoms. The molecule has 192 valence electrons. The van der Waals surface area contributed by atoms with Crippen molar-refractivity contribution in [1.29, 1.82) is 0 Å². The average Bonchev–Trinajstić information content (AvgIpc) is 2.79. The summed E-state index contributed by atoms with van der Waals surface area (Å²) in [5, 5.41) is 0. The predicted molar refractivity (Wildman–Crippen MR) is 114 cm³/mol. The molecule has 12 nitrogen and oxygen atoms in total. The lowest BCUT2D eigenvalue weighted by molar-refractivity contribution is -0.310. The SMILES string of the molecule is CCOC(=O)C(OC1OC(C(=O)OC)C(OC(C)=O)C(OC(C)=O)C1OC(C)=O)c1ccccc1. The number of carbonyl (C=O) groups is 5. The Morgan fingerprint density at radius 2 is 1.40 bits per heavy atom. The van der Waals surface area contributed by atoms with Crippen LogP contribution in [0.4, 0.5) is 0 Å². The molecule has 1 aromatic rings. The Balaban J connectivity index is 2.56. The first-order valence-electron chi connectivity index (χ1n) is 10.7. The summed E-state index contributed by atoms with van der Waals surface area (Å²) in [7, 11) is 1.07. The van der Waals surface area contributed by atoms with E-state index in [1.54, 1.807) is 37.3 Å². The van der Waals surface area contributed by atoms with Gasteiger partial charge in [-0.3, -0.25) is 14.4 Å². The summed E-state index contributed by atoms with van der Waals surface area (Å²) in [6.07, 6.45) is -9.30. The maximum Gasteiger partial charge on any atom is 0.340 e. The van der Waals surface area contributed by atoms with E-state index in [0.717, 1.165) is 27.9 Å². The zero-order valence-corrected chi connectivity index (χ0v) is 20.0. The molecule has 1 saturated heterocycles. The quantitative estimate of drug-likeness (QED) is 0.354. The average molecular weight is 496 g/mol. The van der Waals surface area contributed by atoms with E-state index in [1.807, 2.05) is 0 Å². The first-order valence-corrected chi connectivity index (χ1v) is 10.7. The van der Waals surface area contributed by atoms with Gasteiger partial charge in [0.2, 0.25) is 6.29 Å². The van der Waals surface area contributed by atoms with Crippen molar-refractivity contribution in [3.63, 3.8) is 0 Å². The van der Waals surface area contributed by atoms with Gasteiger partial charge in [0.15, 0.2) is 30.5 Å². The van der Waals surface area contributed by atoms with E-state index >= 15 is 0 Å². The van der Waals surface area contributed by atoms with Gasteiger partial charge in [-0.2, -0.15) is 0 Å². The van der Waals surface area contributed by atoms with Crippen LogP contribution in [0.1, 0.15) is 39.4 Å². The third kappa shape index (κ3) is 7.49. The highest BCUT2D eigenvalue weighted by atomic mass is 16.7. The molecular weight excluding hydrogens is 468 g/mol. The highest BCUT2D eigenvalue weighted by Crippen LogP contribution is 2.33. The highest BCUT2D eigenvalue weighted by Gasteiger charge is 2.56. The van der Waals surface area contributed by atoms with E-state index in [2.05, 4.69) is 0 Å². The zero-order chi connectivity index (χ0) is 26.1. The Morgan fingerprint density at radius 3 is 1.91 bits per heavy atom. The molecule has 1 fully saturated rings. The lowest BCUT2D eigenvalue weighted by Gasteiger charge is -2.43. The molecule has 1 aromatic carbocycles. The summed E-state index contributed by atoms with van der Waals surface area (Å²) in [5.41, 5.74) is 0.372. The van der Waals surface area contributed by atoms with Gasteiger partial charge in [0.1, 0.15) is 0 Å². The van der Waals surface area contributed by atoms with Crippen LogP contribution in [-0.4, -0.2) is 74.3 Å². The molecule has 2 rings (SSSR count). The van der Waals surface area contributed by atoms with Crippen LogP contribution in [-0.2, 0) is 57.1 Å². The van der Waals surface area contributed by atoms with Gasteiger partial charge in [0.25, 0.3) is 0 Å². The van der Waals surface area contributed by atoms with Crippen molar-refractivity contribution in [1.82, 2.24) is 0 Å². The van der Waals surface area contributed by atoms with Gasteiger partial charge in [-0.1, -0.05) is 30.3 Å². The van der Waals surface area contributed by atoms with Crippen molar-refractivity contribution in [2.45, 2.75) is 64.5 Å². The van der Waals surface area contributed by atoms with E-state index in [1.165, 1.54) is 0 Å². The molecule has 1 aliphatic heterocycles. The summed E-state index contributed by atoms with van der Waals surface area (Å²) in [6, 6.07) is 8.22. The Kier molecular flexibility index (Phi) is 10.2. The van der Waals surface area contributed by atoms with Crippen LogP contribution in [0.3, 0.4) is 0 Å². The molecule has 0 amide bonds. The summed E-state index contributed by atoms with van der Waals surface area (Å²) in [5.74, 6) is -4.27. The van der Waals surface area contributed by atoms with Crippen molar-refractivity contribution >= 4 is 29.8 Å². The van der Waals surface area contributed by atoms with E-state index in [-0.39, 0.29) is 6.61 Å². The topological polar surface area (TPSA) is 150 Å². The molecule has 0 bridgehead atoms. The monoisotopic (exact) mass is 496 g/mol. The fraction of sp³-hybridized carbons (Fsp3) is 0.522. The number of benzene rings is 1. The minimum Gasteiger partial charge on any atom is -0.467 e. The van der Waals surface area contributed by atoms with E-state index in [4.69, 9.17) is 33.2 Å². The molecular formula is C23H28O12. The third-order valence-electron chi connectivity index (χ3n) is 4.71. The minimum absolute atomic E-state index is 0.0415. The second-order valence-corrected chi connectivity index (χ2v) is 7.35. The van der Waals surface area contributed by atoms with Crippen LogP contribution < -0.4 is 0 Å². The van der Waals surface area contributed by atoms with Gasteiger partial charge in [-0.25, -0.2) is 9.59 Å². The maximum absolute atomic E-state index is 12.7. The number of rotatable bonds is 9. The van der Waals surface area contributed by atoms with Crippen molar-refractivity contribution in [3.8, 4) is 0 Å². The lowest BCUT2D eigenvalue weighted by atomic mass is 9.97. The largest absolute Gasteiger partial charge is 0.467 e. The van der Waals surface area contributed by atoms with Crippen LogP contribution in [0, 0.1) is 0 Å². The van der Waals surface area contributed by atoms with Gasteiger partial charge < -0.3 is 33.2 Å². The first kappa shape index (κ1) is 27.7.